The maximum Gasteiger partial charge on any atom is 0.108 e. The number of fused-ring (bicyclic) bond motifs is 1. The Kier molecular flexibility index (Phi) is 2.63. The predicted molar refractivity (Wildman–Crippen MR) is 58.0 cm³/mol. The fourth-order valence-corrected chi connectivity index (χ4v) is 3.74. The fraction of sp³-hybridized carbons (Fsp3) is 1.00. The molecule has 1 saturated heterocycles. The summed E-state index contributed by atoms with van der Waals surface area (Å²) in [5, 5.41) is 0.804. The van der Waals surface area contributed by atoms with Crippen molar-refractivity contribution < 1.29 is 4.74 Å². The fourth-order valence-electron chi connectivity index (χ4n) is 2.13. The Morgan fingerprint density at radius 2 is 1.85 bits per heavy atom. The third-order valence-electron chi connectivity index (χ3n) is 2.95. The van der Waals surface area contributed by atoms with E-state index < -0.39 is 0 Å². The number of thioether (sulfide) groups is 1. The lowest BCUT2D eigenvalue weighted by molar-refractivity contribution is -0.00820. The summed E-state index contributed by atoms with van der Waals surface area (Å²) in [5.74, 6) is 0. The van der Waals surface area contributed by atoms with Crippen molar-refractivity contribution in [3.8, 4) is 0 Å². The first-order valence-electron chi connectivity index (χ1n) is 5.38. The Hall–Kier alpha value is 0.310. The highest BCUT2D eigenvalue weighted by molar-refractivity contribution is 8.00. The zero-order chi connectivity index (χ0) is 9.47. The van der Waals surface area contributed by atoms with Crippen LogP contribution in [0.15, 0.2) is 0 Å². The average molecular weight is 200 g/mol. The number of hydrogen-bond donors (Lipinski definition) is 0. The van der Waals surface area contributed by atoms with E-state index >= 15 is 0 Å². The quantitative estimate of drug-likeness (QED) is 0.592. The van der Waals surface area contributed by atoms with Gasteiger partial charge in [-0.3, -0.25) is 0 Å². The van der Waals surface area contributed by atoms with E-state index in [4.69, 9.17) is 4.74 Å². The molecular formula is C11H20OS. The first-order chi connectivity index (χ1) is 6.07. The summed E-state index contributed by atoms with van der Waals surface area (Å²) in [4.78, 5) is 0. The molecule has 13 heavy (non-hydrogen) atoms. The van der Waals surface area contributed by atoms with E-state index in [9.17, 15) is 0 Å². The molecule has 76 valence electrons. The van der Waals surface area contributed by atoms with Gasteiger partial charge in [-0.2, -0.15) is 0 Å². The van der Waals surface area contributed by atoms with Crippen LogP contribution in [0.5, 0.6) is 0 Å². The minimum absolute atomic E-state index is 0.308. The maximum atomic E-state index is 6.09. The van der Waals surface area contributed by atoms with Gasteiger partial charge in [0.1, 0.15) is 5.44 Å². The van der Waals surface area contributed by atoms with Gasteiger partial charge in [-0.05, 0) is 18.3 Å². The molecule has 1 aliphatic heterocycles. The van der Waals surface area contributed by atoms with Gasteiger partial charge in [-0.1, -0.05) is 33.6 Å². The first-order valence-corrected chi connectivity index (χ1v) is 6.32. The van der Waals surface area contributed by atoms with Gasteiger partial charge in [0.05, 0.1) is 6.10 Å². The average Bonchev–Trinajstić information content (AvgIpc) is 2.45. The van der Waals surface area contributed by atoms with Gasteiger partial charge in [0.2, 0.25) is 0 Å². The second-order valence-electron chi connectivity index (χ2n) is 5.33. The van der Waals surface area contributed by atoms with E-state index in [1.807, 2.05) is 0 Å². The van der Waals surface area contributed by atoms with E-state index in [0.717, 1.165) is 5.25 Å². The van der Waals surface area contributed by atoms with Crippen molar-refractivity contribution in [3.05, 3.63) is 0 Å². The summed E-state index contributed by atoms with van der Waals surface area (Å²) < 4.78 is 6.09. The van der Waals surface area contributed by atoms with Crippen molar-refractivity contribution in [2.24, 2.45) is 5.41 Å². The molecule has 2 rings (SSSR count). The zero-order valence-electron chi connectivity index (χ0n) is 8.88. The summed E-state index contributed by atoms with van der Waals surface area (Å²) in [6.45, 7) is 6.84. The molecule has 0 bridgehead atoms. The Morgan fingerprint density at radius 3 is 2.46 bits per heavy atom. The standard InChI is InChI=1S/C11H20OS/c1-11(2,3)10-12-8-6-4-5-7-9(8)13-10/h8-10H,4-7H2,1-3H3. The van der Waals surface area contributed by atoms with E-state index in [2.05, 4.69) is 32.5 Å². The highest BCUT2D eigenvalue weighted by Gasteiger charge is 2.41. The molecule has 0 N–H and O–H groups in total. The van der Waals surface area contributed by atoms with Gasteiger partial charge in [0.15, 0.2) is 0 Å². The van der Waals surface area contributed by atoms with E-state index in [1.165, 1.54) is 25.7 Å². The normalized spacial score (nSPS) is 40.4. The summed E-state index contributed by atoms with van der Waals surface area (Å²) in [7, 11) is 0. The van der Waals surface area contributed by atoms with Crippen LogP contribution in [0.2, 0.25) is 0 Å². The molecule has 3 unspecified atom stereocenters. The minimum Gasteiger partial charge on any atom is -0.363 e. The lowest BCUT2D eigenvalue weighted by Crippen LogP contribution is -2.26. The van der Waals surface area contributed by atoms with Crippen molar-refractivity contribution in [2.45, 2.75) is 63.2 Å². The molecule has 0 aromatic heterocycles. The molecule has 1 aliphatic carbocycles. The second-order valence-corrected chi connectivity index (χ2v) is 6.64. The van der Waals surface area contributed by atoms with Gasteiger partial charge < -0.3 is 4.74 Å². The topological polar surface area (TPSA) is 9.23 Å². The summed E-state index contributed by atoms with van der Waals surface area (Å²) >= 11 is 2.08. The number of ether oxygens (including phenoxy) is 1. The van der Waals surface area contributed by atoms with Gasteiger partial charge in [0, 0.05) is 5.25 Å². The van der Waals surface area contributed by atoms with Crippen molar-refractivity contribution in [1.82, 2.24) is 0 Å². The predicted octanol–water partition coefficient (Wildman–Crippen LogP) is 3.43. The summed E-state index contributed by atoms with van der Waals surface area (Å²) in [6.07, 6.45) is 6.03. The third-order valence-corrected chi connectivity index (χ3v) is 4.90. The zero-order valence-corrected chi connectivity index (χ0v) is 9.69. The monoisotopic (exact) mass is 200 g/mol. The second kappa shape index (κ2) is 3.47. The van der Waals surface area contributed by atoms with Crippen LogP contribution in [0.4, 0.5) is 0 Å². The molecule has 2 fully saturated rings. The molecule has 1 saturated carbocycles. The molecule has 0 aromatic rings. The van der Waals surface area contributed by atoms with Crippen molar-refractivity contribution in [3.63, 3.8) is 0 Å². The van der Waals surface area contributed by atoms with Crippen LogP contribution < -0.4 is 0 Å². The lowest BCUT2D eigenvalue weighted by Gasteiger charge is -2.25. The molecule has 0 amide bonds. The molecule has 0 radical (unpaired) electrons. The van der Waals surface area contributed by atoms with Crippen molar-refractivity contribution in [1.29, 1.82) is 0 Å². The van der Waals surface area contributed by atoms with Crippen LogP contribution in [0, 0.1) is 5.41 Å². The Balaban J connectivity index is 1.99. The van der Waals surface area contributed by atoms with Crippen molar-refractivity contribution in [2.75, 3.05) is 0 Å². The van der Waals surface area contributed by atoms with E-state index in [1.54, 1.807) is 0 Å². The lowest BCUT2D eigenvalue weighted by atomic mass is 9.96. The van der Waals surface area contributed by atoms with Gasteiger partial charge in [-0.25, -0.2) is 0 Å². The number of hydrogen-bond acceptors (Lipinski definition) is 2. The van der Waals surface area contributed by atoms with Crippen LogP contribution in [-0.4, -0.2) is 16.8 Å². The molecule has 2 aliphatic rings. The molecule has 1 heterocycles. The minimum atomic E-state index is 0.308. The number of rotatable bonds is 0. The smallest absolute Gasteiger partial charge is 0.108 e. The van der Waals surface area contributed by atoms with Gasteiger partial charge >= 0.3 is 0 Å². The van der Waals surface area contributed by atoms with Gasteiger partial charge in [-0.15, -0.1) is 11.8 Å². The Labute approximate surface area is 85.6 Å². The van der Waals surface area contributed by atoms with E-state index in [-0.39, 0.29) is 0 Å². The Morgan fingerprint density at radius 1 is 1.15 bits per heavy atom. The molecule has 1 nitrogen and oxygen atoms in total. The highest BCUT2D eigenvalue weighted by atomic mass is 32.2. The third kappa shape index (κ3) is 2.04. The van der Waals surface area contributed by atoms with Crippen LogP contribution in [0.25, 0.3) is 0 Å². The van der Waals surface area contributed by atoms with Crippen molar-refractivity contribution >= 4 is 11.8 Å². The largest absolute Gasteiger partial charge is 0.363 e. The SMILES string of the molecule is CC(C)(C)C1OC2CCCCC2S1. The molecule has 0 spiro atoms. The summed E-state index contributed by atoms with van der Waals surface area (Å²) in [6, 6.07) is 0. The maximum absolute atomic E-state index is 6.09. The first kappa shape index (κ1) is 9.85. The van der Waals surface area contributed by atoms with Gasteiger partial charge in [0.25, 0.3) is 0 Å². The highest BCUT2D eigenvalue weighted by Crippen LogP contribution is 2.46. The van der Waals surface area contributed by atoms with Crippen LogP contribution in [0.1, 0.15) is 46.5 Å². The summed E-state index contributed by atoms with van der Waals surface area (Å²) in [5.41, 5.74) is 0.739. The molecular weight excluding hydrogens is 180 g/mol. The van der Waals surface area contributed by atoms with E-state index in [0.29, 0.717) is 17.0 Å². The molecule has 2 heteroatoms. The Bertz CT molecular complexity index is 171. The molecule has 0 aromatic carbocycles. The van der Waals surface area contributed by atoms with Crippen LogP contribution in [0.3, 0.4) is 0 Å². The van der Waals surface area contributed by atoms with Crippen LogP contribution in [-0.2, 0) is 4.74 Å². The molecule has 3 atom stereocenters. The van der Waals surface area contributed by atoms with Crippen LogP contribution >= 0.6 is 11.8 Å².